The molecule has 21 heavy (non-hydrogen) atoms. The number of nitrogens with zero attached hydrogens (tertiary/aromatic N) is 1. The second-order valence-corrected chi connectivity index (χ2v) is 5.23. The Morgan fingerprint density at radius 2 is 1.95 bits per heavy atom. The van der Waals surface area contributed by atoms with Crippen molar-refractivity contribution in [3.05, 3.63) is 35.9 Å². The summed E-state index contributed by atoms with van der Waals surface area (Å²) in [4.78, 5) is 4.21. The lowest BCUT2D eigenvalue weighted by Crippen LogP contribution is -2.42. The number of hydrogen-bond donors (Lipinski definition) is 2. The summed E-state index contributed by atoms with van der Waals surface area (Å²) < 4.78 is 5.85. The number of hydrogen-bond acceptors (Lipinski definition) is 2. The molecule has 0 aliphatic heterocycles. The van der Waals surface area contributed by atoms with Crippen molar-refractivity contribution >= 4 is 5.96 Å². The van der Waals surface area contributed by atoms with Crippen LogP contribution < -0.4 is 10.6 Å². The predicted octanol–water partition coefficient (Wildman–Crippen LogP) is 3.12. The Kier molecular flexibility index (Phi) is 8.51. The molecule has 0 aliphatic carbocycles. The number of rotatable bonds is 8. The van der Waals surface area contributed by atoms with E-state index >= 15 is 0 Å². The number of ether oxygens (including phenoxy) is 1. The maximum Gasteiger partial charge on any atom is 0.191 e. The van der Waals surface area contributed by atoms with E-state index < -0.39 is 0 Å². The zero-order valence-electron chi connectivity index (χ0n) is 13.7. The Balaban J connectivity index is 2.16. The van der Waals surface area contributed by atoms with E-state index in [-0.39, 0.29) is 6.10 Å². The molecule has 2 atom stereocenters. The van der Waals surface area contributed by atoms with E-state index in [1.807, 2.05) is 18.2 Å². The molecule has 0 fully saturated rings. The minimum atomic E-state index is 0.142. The first-order valence-corrected chi connectivity index (χ1v) is 7.81. The smallest absolute Gasteiger partial charge is 0.191 e. The Labute approximate surface area is 129 Å². The molecule has 1 aromatic rings. The van der Waals surface area contributed by atoms with Crippen molar-refractivity contribution in [1.29, 1.82) is 0 Å². The first-order valence-electron chi connectivity index (χ1n) is 7.81. The monoisotopic (exact) mass is 291 g/mol. The molecule has 4 heteroatoms. The van der Waals surface area contributed by atoms with E-state index in [2.05, 4.69) is 48.5 Å². The number of benzene rings is 1. The minimum Gasteiger partial charge on any atom is -0.374 e. The molecule has 0 spiro atoms. The Hall–Kier alpha value is -1.55. The van der Waals surface area contributed by atoms with E-state index in [0.29, 0.717) is 6.04 Å². The largest absolute Gasteiger partial charge is 0.374 e. The summed E-state index contributed by atoms with van der Waals surface area (Å²) >= 11 is 0. The molecule has 1 aromatic carbocycles. The molecule has 118 valence electrons. The van der Waals surface area contributed by atoms with Gasteiger partial charge in [0.25, 0.3) is 0 Å². The highest BCUT2D eigenvalue weighted by Gasteiger charge is 2.05. The van der Waals surface area contributed by atoms with Gasteiger partial charge >= 0.3 is 0 Å². The van der Waals surface area contributed by atoms with Crippen LogP contribution in [0, 0.1) is 0 Å². The van der Waals surface area contributed by atoms with Crippen LogP contribution in [0.4, 0.5) is 0 Å². The van der Waals surface area contributed by atoms with Gasteiger partial charge in [0.15, 0.2) is 5.96 Å². The molecule has 4 nitrogen and oxygen atoms in total. The van der Waals surface area contributed by atoms with Crippen LogP contribution in [-0.2, 0) is 4.74 Å². The first-order chi connectivity index (χ1) is 10.2. The van der Waals surface area contributed by atoms with Crippen molar-refractivity contribution in [1.82, 2.24) is 10.6 Å². The Morgan fingerprint density at radius 1 is 1.24 bits per heavy atom. The summed E-state index contributed by atoms with van der Waals surface area (Å²) in [6.07, 6.45) is 2.18. The van der Waals surface area contributed by atoms with Crippen LogP contribution in [0.3, 0.4) is 0 Å². The summed E-state index contributed by atoms with van der Waals surface area (Å²) in [5, 5.41) is 6.65. The quantitative estimate of drug-likeness (QED) is 0.439. The average molecular weight is 291 g/mol. The topological polar surface area (TPSA) is 45.7 Å². The molecule has 0 bridgehead atoms. The molecule has 0 saturated carbocycles. The van der Waals surface area contributed by atoms with Gasteiger partial charge in [0.1, 0.15) is 0 Å². The fourth-order valence-electron chi connectivity index (χ4n) is 1.89. The van der Waals surface area contributed by atoms with E-state index in [0.717, 1.165) is 32.0 Å². The van der Waals surface area contributed by atoms with Crippen LogP contribution in [0.5, 0.6) is 0 Å². The van der Waals surface area contributed by atoms with Crippen molar-refractivity contribution in [3.8, 4) is 0 Å². The van der Waals surface area contributed by atoms with Crippen molar-refractivity contribution < 1.29 is 4.74 Å². The van der Waals surface area contributed by atoms with Gasteiger partial charge in [0.05, 0.1) is 6.10 Å². The molecule has 1 rings (SSSR count). The van der Waals surface area contributed by atoms with Gasteiger partial charge in [-0.2, -0.15) is 0 Å². The molecule has 0 radical (unpaired) electrons. The lowest BCUT2D eigenvalue weighted by Gasteiger charge is -2.17. The van der Waals surface area contributed by atoms with E-state index in [4.69, 9.17) is 4.74 Å². The van der Waals surface area contributed by atoms with Gasteiger partial charge in [-0.05, 0) is 32.3 Å². The van der Waals surface area contributed by atoms with Crippen molar-refractivity contribution in [2.45, 2.75) is 45.8 Å². The molecular formula is C17H29N3O. The van der Waals surface area contributed by atoms with Gasteiger partial charge in [-0.25, -0.2) is 0 Å². The highest BCUT2D eigenvalue weighted by atomic mass is 16.5. The molecule has 2 N–H and O–H groups in total. The van der Waals surface area contributed by atoms with Gasteiger partial charge in [0.2, 0.25) is 0 Å². The molecule has 0 saturated heterocycles. The molecule has 0 amide bonds. The van der Waals surface area contributed by atoms with Gasteiger partial charge in [-0.1, -0.05) is 37.3 Å². The Morgan fingerprint density at radius 3 is 2.57 bits per heavy atom. The van der Waals surface area contributed by atoms with Gasteiger partial charge in [-0.15, -0.1) is 0 Å². The van der Waals surface area contributed by atoms with Crippen LogP contribution in [0.15, 0.2) is 35.3 Å². The highest BCUT2D eigenvalue weighted by Crippen LogP contribution is 2.15. The average Bonchev–Trinajstić information content (AvgIpc) is 2.53. The number of aliphatic imine (C=N–C) groups is 1. The molecular weight excluding hydrogens is 262 g/mol. The lowest BCUT2D eigenvalue weighted by molar-refractivity contribution is 0.0646. The van der Waals surface area contributed by atoms with Crippen molar-refractivity contribution in [3.63, 3.8) is 0 Å². The third kappa shape index (κ3) is 7.14. The van der Waals surface area contributed by atoms with Gasteiger partial charge in [-0.3, -0.25) is 4.99 Å². The van der Waals surface area contributed by atoms with Crippen LogP contribution in [0.2, 0.25) is 0 Å². The maximum atomic E-state index is 5.85. The summed E-state index contributed by atoms with van der Waals surface area (Å²) in [7, 11) is 1.80. The van der Waals surface area contributed by atoms with Crippen molar-refractivity contribution in [2.24, 2.45) is 4.99 Å². The number of guanidine groups is 1. The second kappa shape index (κ2) is 10.2. The Bertz CT molecular complexity index is 406. The predicted molar refractivity (Wildman–Crippen MR) is 89.7 cm³/mol. The van der Waals surface area contributed by atoms with E-state index in [1.165, 1.54) is 5.56 Å². The van der Waals surface area contributed by atoms with Crippen LogP contribution >= 0.6 is 0 Å². The molecule has 0 heterocycles. The first kappa shape index (κ1) is 17.5. The second-order valence-electron chi connectivity index (χ2n) is 5.23. The SMILES string of the molecule is CCC(C)NC(=NC)NCCCOC(C)c1ccccc1. The van der Waals surface area contributed by atoms with Crippen LogP contribution in [-0.4, -0.2) is 32.2 Å². The summed E-state index contributed by atoms with van der Waals surface area (Å²) in [5.74, 6) is 0.862. The van der Waals surface area contributed by atoms with Gasteiger partial charge < -0.3 is 15.4 Å². The fourth-order valence-corrected chi connectivity index (χ4v) is 1.89. The number of nitrogens with one attached hydrogen (secondary N) is 2. The van der Waals surface area contributed by atoms with Crippen LogP contribution in [0.25, 0.3) is 0 Å². The zero-order valence-corrected chi connectivity index (χ0v) is 13.7. The standard InChI is InChI=1S/C17H29N3O/c1-5-14(2)20-17(18-4)19-12-9-13-21-15(3)16-10-7-6-8-11-16/h6-8,10-11,14-15H,5,9,12-13H2,1-4H3,(H2,18,19,20). The van der Waals surface area contributed by atoms with E-state index in [1.54, 1.807) is 7.05 Å². The van der Waals surface area contributed by atoms with Gasteiger partial charge in [0, 0.05) is 26.2 Å². The summed E-state index contributed by atoms with van der Waals surface area (Å²) in [6, 6.07) is 10.7. The highest BCUT2D eigenvalue weighted by molar-refractivity contribution is 5.79. The lowest BCUT2D eigenvalue weighted by atomic mass is 10.1. The zero-order chi connectivity index (χ0) is 15.5. The minimum absolute atomic E-state index is 0.142. The fraction of sp³-hybridized carbons (Fsp3) is 0.588. The molecule has 0 aromatic heterocycles. The maximum absolute atomic E-state index is 5.85. The summed E-state index contributed by atoms with van der Waals surface area (Å²) in [6.45, 7) is 7.99. The normalized spacial score (nSPS) is 14.6. The third-order valence-corrected chi connectivity index (χ3v) is 3.47. The molecule has 0 aliphatic rings. The van der Waals surface area contributed by atoms with E-state index in [9.17, 15) is 0 Å². The van der Waals surface area contributed by atoms with Crippen LogP contribution in [0.1, 0.15) is 45.3 Å². The van der Waals surface area contributed by atoms with Crippen molar-refractivity contribution in [2.75, 3.05) is 20.2 Å². The summed E-state index contributed by atoms with van der Waals surface area (Å²) in [5.41, 5.74) is 1.22. The third-order valence-electron chi connectivity index (χ3n) is 3.47. The molecule has 2 unspecified atom stereocenters.